The van der Waals surface area contributed by atoms with Gasteiger partial charge in [0.2, 0.25) is 5.56 Å². The highest BCUT2D eigenvalue weighted by molar-refractivity contribution is 7.08. The third-order valence-corrected chi connectivity index (χ3v) is 2.32. The van der Waals surface area contributed by atoms with E-state index in [2.05, 4.69) is 4.98 Å². The Morgan fingerprint density at radius 2 is 2.08 bits per heavy atom. The highest BCUT2D eigenvalue weighted by Crippen LogP contribution is 2.19. The van der Waals surface area contributed by atoms with Gasteiger partial charge in [0.25, 0.3) is 0 Å². The number of hydrogen-bond donors (Lipinski definition) is 1. The Hall–Kier alpha value is -1.35. The molecule has 0 atom stereocenters. The molecule has 0 saturated carbocycles. The third-order valence-electron chi connectivity index (χ3n) is 1.64. The predicted octanol–water partition coefficient (Wildman–Crippen LogP) is 2.10. The number of aromatic nitrogens is 1. The summed E-state index contributed by atoms with van der Waals surface area (Å²) >= 11 is 1.65. The summed E-state index contributed by atoms with van der Waals surface area (Å²) in [5, 5.41) is 4.06. The normalized spacial score (nSPS) is 10.0. The van der Waals surface area contributed by atoms with Crippen molar-refractivity contribution in [2.24, 2.45) is 0 Å². The van der Waals surface area contributed by atoms with Gasteiger partial charge in [-0.1, -0.05) is 0 Å². The molecule has 0 spiro atoms. The maximum Gasteiger partial charge on any atom is 0.247 e. The first-order valence-corrected chi connectivity index (χ1v) is 4.52. The Morgan fingerprint density at radius 1 is 1.17 bits per heavy atom. The molecule has 2 heterocycles. The molecule has 2 aromatic heterocycles. The van der Waals surface area contributed by atoms with Crippen LogP contribution in [-0.2, 0) is 0 Å². The van der Waals surface area contributed by atoms with Crippen LogP contribution in [0.2, 0.25) is 0 Å². The summed E-state index contributed by atoms with van der Waals surface area (Å²) in [4.78, 5) is 13.4. The molecule has 0 aliphatic carbocycles. The average molecular weight is 177 g/mol. The van der Waals surface area contributed by atoms with E-state index in [1.807, 2.05) is 22.9 Å². The first-order valence-electron chi connectivity index (χ1n) is 3.57. The zero-order chi connectivity index (χ0) is 8.39. The summed E-state index contributed by atoms with van der Waals surface area (Å²) in [6.45, 7) is 0. The molecule has 60 valence electrons. The SMILES string of the molecule is O=c1ccc(-c2ccsc2)c[nH]1. The first-order chi connectivity index (χ1) is 5.86. The quantitative estimate of drug-likeness (QED) is 0.711. The predicted molar refractivity (Wildman–Crippen MR) is 50.4 cm³/mol. The van der Waals surface area contributed by atoms with Crippen molar-refractivity contribution in [1.82, 2.24) is 4.98 Å². The van der Waals surface area contributed by atoms with E-state index in [9.17, 15) is 4.79 Å². The molecule has 0 aliphatic heterocycles. The van der Waals surface area contributed by atoms with Gasteiger partial charge in [0.05, 0.1) is 0 Å². The van der Waals surface area contributed by atoms with Crippen molar-refractivity contribution in [3.63, 3.8) is 0 Å². The molecule has 0 bridgehead atoms. The topological polar surface area (TPSA) is 32.9 Å². The van der Waals surface area contributed by atoms with Gasteiger partial charge in [-0.2, -0.15) is 11.3 Å². The molecular weight excluding hydrogens is 170 g/mol. The minimum atomic E-state index is -0.0611. The van der Waals surface area contributed by atoms with Crippen molar-refractivity contribution in [3.05, 3.63) is 45.5 Å². The maximum atomic E-state index is 10.7. The van der Waals surface area contributed by atoms with Crippen LogP contribution in [-0.4, -0.2) is 4.98 Å². The molecule has 0 amide bonds. The standard InChI is InChI=1S/C9H7NOS/c11-9-2-1-7(5-10-9)8-3-4-12-6-8/h1-6H,(H,10,11). The molecule has 1 N–H and O–H groups in total. The van der Waals surface area contributed by atoms with Gasteiger partial charge < -0.3 is 4.98 Å². The summed E-state index contributed by atoms with van der Waals surface area (Å²) < 4.78 is 0. The number of hydrogen-bond acceptors (Lipinski definition) is 2. The fourth-order valence-corrected chi connectivity index (χ4v) is 1.68. The Kier molecular flexibility index (Phi) is 1.80. The third kappa shape index (κ3) is 1.31. The fourth-order valence-electron chi connectivity index (χ4n) is 1.02. The van der Waals surface area contributed by atoms with E-state index in [0.29, 0.717) is 0 Å². The van der Waals surface area contributed by atoms with Crippen molar-refractivity contribution < 1.29 is 0 Å². The van der Waals surface area contributed by atoms with E-state index in [1.54, 1.807) is 17.5 Å². The number of rotatable bonds is 1. The first kappa shape index (κ1) is 7.31. The van der Waals surface area contributed by atoms with E-state index in [-0.39, 0.29) is 5.56 Å². The van der Waals surface area contributed by atoms with Crippen LogP contribution in [0.1, 0.15) is 0 Å². The lowest BCUT2D eigenvalue weighted by atomic mass is 10.2. The van der Waals surface area contributed by atoms with Crippen molar-refractivity contribution >= 4 is 11.3 Å². The van der Waals surface area contributed by atoms with Gasteiger partial charge in [-0.15, -0.1) is 0 Å². The largest absolute Gasteiger partial charge is 0.328 e. The van der Waals surface area contributed by atoms with Crippen molar-refractivity contribution in [2.75, 3.05) is 0 Å². The van der Waals surface area contributed by atoms with Crippen LogP contribution in [0.5, 0.6) is 0 Å². The van der Waals surface area contributed by atoms with Crippen molar-refractivity contribution in [3.8, 4) is 11.1 Å². The highest BCUT2D eigenvalue weighted by Gasteiger charge is 1.95. The number of H-pyrrole nitrogens is 1. The second kappa shape index (κ2) is 2.95. The summed E-state index contributed by atoms with van der Waals surface area (Å²) in [6.07, 6.45) is 1.73. The van der Waals surface area contributed by atoms with E-state index >= 15 is 0 Å². The number of pyridine rings is 1. The van der Waals surface area contributed by atoms with Gasteiger partial charge in [0.1, 0.15) is 0 Å². The maximum absolute atomic E-state index is 10.7. The molecule has 12 heavy (non-hydrogen) atoms. The molecule has 0 radical (unpaired) electrons. The van der Waals surface area contributed by atoms with Crippen molar-refractivity contribution in [2.45, 2.75) is 0 Å². The van der Waals surface area contributed by atoms with Crippen LogP contribution in [0.4, 0.5) is 0 Å². The lowest BCUT2D eigenvalue weighted by Crippen LogP contribution is -2.00. The molecule has 2 rings (SSSR count). The Labute approximate surface area is 73.5 Å². The summed E-state index contributed by atoms with van der Waals surface area (Å²) in [5.74, 6) is 0. The van der Waals surface area contributed by atoms with E-state index in [0.717, 1.165) is 11.1 Å². The van der Waals surface area contributed by atoms with Crippen LogP contribution in [0, 0.1) is 0 Å². The zero-order valence-corrected chi connectivity index (χ0v) is 7.10. The van der Waals surface area contributed by atoms with E-state index < -0.39 is 0 Å². The smallest absolute Gasteiger partial charge is 0.247 e. The minimum absolute atomic E-state index is 0.0611. The molecule has 0 saturated heterocycles. The monoisotopic (exact) mass is 177 g/mol. The molecule has 0 aliphatic rings. The van der Waals surface area contributed by atoms with Crippen LogP contribution in [0.25, 0.3) is 11.1 Å². The molecule has 3 heteroatoms. The summed E-state index contributed by atoms with van der Waals surface area (Å²) in [5.41, 5.74) is 2.14. The van der Waals surface area contributed by atoms with Gasteiger partial charge in [-0.05, 0) is 34.0 Å². The zero-order valence-electron chi connectivity index (χ0n) is 6.28. The Morgan fingerprint density at radius 3 is 2.67 bits per heavy atom. The van der Waals surface area contributed by atoms with Crippen molar-refractivity contribution in [1.29, 1.82) is 0 Å². The Balaban J connectivity index is 2.49. The molecule has 0 aromatic carbocycles. The second-order valence-corrected chi connectivity index (χ2v) is 3.23. The van der Waals surface area contributed by atoms with Crippen LogP contribution < -0.4 is 5.56 Å². The van der Waals surface area contributed by atoms with Crippen LogP contribution >= 0.6 is 11.3 Å². The lowest BCUT2D eigenvalue weighted by Gasteiger charge is -1.93. The lowest BCUT2D eigenvalue weighted by molar-refractivity contribution is 1.24. The summed E-state index contributed by atoms with van der Waals surface area (Å²) in [7, 11) is 0. The van der Waals surface area contributed by atoms with E-state index in [4.69, 9.17) is 0 Å². The number of nitrogens with one attached hydrogen (secondary N) is 1. The molecule has 0 unspecified atom stereocenters. The molecule has 2 nitrogen and oxygen atoms in total. The van der Waals surface area contributed by atoms with Gasteiger partial charge in [0.15, 0.2) is 0 Å². The molecule has 2 aromatic rings. The highest BCUT2D eigenvalue weighted by atomic mass is 32.1. The van der Waals surface area contributed by atoms with Crippen LogP contribution in [0.3, 0.4) is 0 Å². The average Bonchev–Trinajstić information content (AvgIpc) is 2.58. The Bertz CT molecular complexity index is 396. The number of aromatic amines is 1. The number of thiophene rings is 1. The van der Waals surface area contributed by atoms with Gasteiger partial charge >= 0.3 is 0 Å². The molecular formula is C9H7NOS. The second-order valence-electron chi connectivity index (χ2n) is 2.45. The summed E-state index contributed by atoms with van der Waals surface area (Å²) in [6, 6.07) is 5.38. The minimum Gasteiger partial charge on any atom is -0.328 e. The van der Waals surface area contributed by atoms with Crippen LogP contribution in [0.15, 0.2) is 40.0 Å². The van der Waals surface area contributed by atoms with Gasteiger partial charge in [-0.25, -0.2) is 0 Å². The van der Waals surface area contributed by atoms with E-state index in [1.165, 1.54) is 6.07 Å². The van der Waals surface area contributed by atoms with Gasteiger partial charge in [0, 0.05) is 12.3 Å². The van der Waals surface area contributed by atoms with Gasteiger partial charge in [-0.3, -0.25) is 4.79 Å². The molecule has 0 fully saturated rings. The fraction of sp³-hybridized carbons (Fsp3) is 0.